The molecule has 43 valence electrons. The van der Waals surface area contributed by atoms with Crippen LogP contribution in [0.4, 0.5) is 0 Å². The smallest absolute Gasteiger partial charge is 0.106 e. The predicted molar refractivity (Wildman–Crippen MR) is 36.1 cm³/mol. The first kappa shape index (κ1) is 7.61. The van der Waals surface area contributed by atoms with Crippen molar-refractivity contribution in [1.82, 2.24) is 0 Å². The van der Waals surface area contributed by atoms with E-state index in [1.807, 2.05) is 13.8 Å². The molecule has 0 aromatic heterocycles. The minimum Gasteiger partial charge on any atom is -0.203 e. The van der Waals surface area contributed by atoms with Crippen LogP contribution in [-0.2, 0) is 16.7 Å². The molecule has 3 heteroatoms. The van der Waals surface area contributed by atoms with E-state index in [-0.39, 0.29) is 0 Å². The summed E-state index contributed by atoms with van der Waals surface area (Å²) in [4.78, 5) is 10.8. The van der Waals surface area contributed by atoms with Crippen LogP contribution >= 0.6 is 6.26 Å². The molecule has 0 amide bonds. The Kier molecular flexibility index (Phi) is 3.05. The summed E-state index contributed by atoms with van der Waals surface area (Å²) in [5.41, 5.74) is 0. The van der Waals surface area contributed by atoms with E-state index < -0.39 is 6.26 Å². The lowest BCUT2D eigenvalue weighted by Crippen LogP contribution is -1.82. The van der Waals surface area contributed by atoms with Crippen molar-refractivity contribution in [3.8, 4) is 0 Å². The second-order valence-corrected chi connectivity index (χ2v) is 6.34. The van der Waals surface area contributed by atoms with Crippen LogP contribution in [0.15, 0.2) is 0 Å². The Bertz CT molecular complexity index is 83.7. The Morgan fingerprint density at radius 1 is 1.43 bits per heavy atom. The Balaban J connectivity index is 3.61. The van der Waals surface area contributed by atoms with Crippen molar-refractivity contribution in [2.24, 2.45) is 0 Å². The second kappa shape index (κ2) is 2.81. The topological polar surface area (TPSA) is 19.9 Å². The molecule has 0 atom stereocenters. The van der Waals surface area contributed by atoms with E-state index in [9.17, 15) is 4.89 Å². The van der Waals surface area contributed by atoms with E-state index >= 15 is 0 Å². The zero-order chi connectivity index (χ0) is 5.91. The maximum atomic E-state index is 10.8. The molecule has 0 rings (SSSR count). The third-order valence-electron chi connectivity index (χ3n) is 0.964. The van der Waals surface area contributed by atoms with Crippen LogP contribution in [0.25, 0.3) is 0 Å². The van der Waals surface area contributed by atoms with Crippen molar-refractivity contribution >= 4 is 18.1 Å². The van der Waals surface area contributed by atoms with Gasteiger partial charge >= 0.3 is 0 Å². The first-order chi connectivity index (χ1) is 3.12. The van der Waals surface area contributed by atoms with Gasteiger partial charge in [0.2, 0.25) is 0 Å². The van der Waals surface area contributed by atoms with Crippen LogP contribution in [0, 0.1) is 0 Å². The first-order valence-electron chi connectivity index (χ1n) is 2.41. The number of hydrogen-bond donors (Lipinski definition) is 0. The number of rotatable bonds is 2. The molecule has 0 unspecified atom stereocenters. The van der Waals surface area contributed by atoms with E-state index in [4.69, 9.17) is 11.8 Å². The van der Waals surface area contributed by atoms with E-state index in [0.717, 1.165) is 0 Å². The predicted octanol–water partition coefficient (Wildman–Crippen LogP) is 1.85. The average molecular weight is 137 g/mol. The fraction of sp³-hybridized carbons (Fsp3) is 1.00. The highest BCUT2D eigenvalue weighted by Gasteiger charge is 2.05. The summed E-state index contributed by atoms with van der Waals surface area (Å²) in [6.07, 6.45) is -0.740. The summed E-state index contributed by atoms with van der Waals surface area (Å²) in [5.74, 6) is 0. The van der Waals surface area contributed by atoms with Crippen LogP contribution in [-0.4, -0.2) is 12.3 Å². The molecule has 0 aliphatic rings. The molecular weight excluding hydrogens is 127 g/mol. The van der Waals surface area contributed by atoms with Gasteiger partial charge < -0.3 is 0 Å². The number of hydrogen-bond acceptors (Lipinski definition) is 1. The van der Waals surface area contributed by atoms with Gasteiger partial charge in [0.25, 0.3) is 0 Å². The van der Waals surface area contributed by atoms with Gasteiger partial charge in [-0.2, -0.15) is 0 Å². The first-order valence-corrected chi connectivity index (χ1v) is 5.50. The molecule has 1 radical (unpaired) electrons. The van der Waals surface area contributed by atoms with Crippen molar-refractivity contribution in [3.63, 3.8) is 0 Å². The summed E-state index contributed by atoms with van der Waals surface area (Å²) < 4.78 is 0. The summed E-state index contributed by atoms with van der Waals surface area (Å²) in [5, 5.41) is 0. The molecule has 0 N–H and O–H groups in total. The fourth-order valence-electron chi connectivity index (χ4n) is 0.224. The molecule has 0 saturated heterocycles. The Labute approximate surface area is 49.8 Å². The average Bonchev–Trinajstić information content (AvgIpc) is 1.68. The Morgan fingerprint density at radius 2 is 1.71 bits per heavy atom. The highest BCUT2D eigenvalue weighted by atomic mass is 32.4. The maximum Gasteiger partial charge on any atom is 0.106 e. The van der Waals surface area contributed by atoms with Crippen LogP contribution in [0.1, 0.15) is 13.8 Å². The third kappa shape index (κ3) is 3.22. The molecule has 0 spiro atoms. The standard InChI is InChI=1S/C4H10OPS/c1-3-6(5,7)4-2/h3-4H2,1-2H3. The van der Waals surface area contributed by atoms with E-state index in [0.29, 0.717) is 12.3 Å². The largest absolute Gasteiger partial charge is 0.203 e. The maximum absolute atomic E-state index is 10.8. The molecule has 1 nitrogen and oxygen atoms in total. The SMILES string of the molecule is CCP([O])(=S)CC. The highest BCUT2D eigenvalue weighted by Crippen LogP contribution is 2.40. The van der Waals surface area contributed by atoms with Crippen LogP contribution in [0.2, 0.25) is 0 Å². The summed E-state index contributed by atoms with van der Waals surface area (Å²) in [6, 6.07) is 0. The molecule has 7 heavy (non-hydrogen) atoms. The van der Waals surface area contributed by atoms with Crippen LogP contribution < -0.4 is 0 Å². The molecule has 0 aromatic carbocycles. The normalized spacial score (nSPS) is 11.9. The van der Waals surface area contributed by atoms with Crippen LogP contribution in [0.3, 0.4) is 0 Å². The summed E-state index contributed by atoms with van der Waals surface area (Å²) in [6.45, 7) is 3.74. The van der Waals surface area contributed by atoms with Crippen molar-refractivity contribution < 1.29 is 4.89 Å². The Morgan fingerprint density at radius 3 is 1.71 bits per heavy atom. The lowest BCUT2D eigenvalue weighted by molar-refractivity contribution is 0.495. The van der Waals surface area contributed by atoms with Crippen molar-refractivity contribution in [3.05, 3.63) is 0 Å². The molecule has 0 aliphatic carbocycles. The second-order valence-electron chi connectivity index (χ2n) is 1.45. The van der Waals surface area contributed by atoms with Gasteiger partial charge in [0.15, 0.2) is 0 Å². The van der Waals surface area contributed by atoms with Gasteiger partial charge in [-0.05, 0) is 12.3 Å². The monoisotopic (exact) mass is 137 g/mol. The minimum atomic E-state index is -2.07. The lowest BCUT2D eigenvalue weighted by atomic mass is 11.0. The lowest BCUT2D eigenvalue weighted by Gasteiger charge is -2.02. The quantitative estimate of drug-likeness (QED) is 0.532. The van der Waals surface area contributed by atoms with Crippen molar-refractivity contribution in [2.75, 3.05) is 12.3 Å². The van der Waals surface area contributed by atoms with E-state index in [1.54, 1.807) is 0 Å². The van der Waals surface area contributed by atoms with Gasteiger partial charge in [0.05, 0.1) is 0 Å². The van der Waals surface area contributed by atoms with Gasteiger partial charge in [0, 0.05) is 0 Å². The molecule has 0 heterocycles. The van der Waals surface area contributed by atoms with Gasteiger partial charge in [-0.15, -0.1) is 0 Å². The molecular formula is C4H10OPS. The Hall–Kier alpha value is 0.610. The highest BCUT2D eigenvalue weighted by molar-refractivity contribution is 8.11. The third-order valence-corrected chi connectivity index (χ3v) is 4.44. The fourth-order valence-corrected chi connectivity index (χ4v) is 0.671. The summed E-state index contributed by atoms with van der Waals surface area (Å²) >= 11 is 4.70. The van der Waals surface area contributed by atoms with Crippen LogP contribution in [0.5, 0.6) is 0 Å². The van der Waals surface area contributed by atoms with Gasteiger partial charge in [0.1, 0.15) is 6.26 Å². The molecule has 0 saturated carbocycles. The summed E-state index contributed by atoms with van der Waals surface area (Å²) in [7, 11) is 0. The molecule has 0 bridgehead atoms. The van der Waals surface area contributed by atoms with Crippen molar-refractivity contribution in [1.29, 1.82) is 0 Å². The minimum absolute atomic E-state index is 0.666. The van der Waals surface area contributed by atoms with Gasteiger partial charge in [-0.1, -0.05) is 25.7 Å². The molecule has 0 fully saturated rings. The van der Waals surface area contributed by atoms with Gasteiger partial charge in [-0.25, -0.2) is 4.89 Å². The van der Waals surface area contributed by atoms with E-state index in [2.05, 4.69) is 0 Å². The van der Waals surface area contributed by atoms with E-state index in [1.165, 1.54) is 0 Å². The van der Waals surface area contributed by atoms with Crippen molar-refractivity contribution in [2.45, 2.75) is 13.8 Å². The van der Waals surface area contributed by atoms with Gasteiger partial charge in [-0.3, -0.25) is 0 Å². The zero-order valence-corrected chi connectivity index (χ0v) is 6.39. The molecule has 0 aromatic rings. The molecule has 0 aliphatic heterocycles. The zero-order valence-electron chi connectivity index (χ0n) is 4.68.